The second-order valence-corrected chi connectivity index (χ2v) is 4.82. The summed E-state index contributed by atoms with van der Waals surface area (Å²) >= 11 is 3.02. The summed E-state index contributed by atoms with van der Waals surface area (Å²) in [6.45, 7) is 0. The van der Waals surface area contributed by atoms with Gasteiger partial charge in [-0.25, -0.2) is 4.39 Å². The Morgan fingerprint density at radius 2 is 2.05 bits per heavy atom. The lowest BCUT2D eigenvalue weighted by atomic mass is 10.2. The summed E-state index contributed by atoms with van der Waals surface area (Å²) in [5.74, 6) is -0.777. The number of methoxy groups -OCH3 is 1. The molecule has 0 unspecified atom stereocenters. The molecule has 0 spiro atoms. The van der Waals surface area contributed by atoms with Crippen LogP contribution >= 0.6 is 15.9 Å². The largest absolute Gasteiger partial charge is 0.504 e. The first kappa shape index (κ1) is 14.3. The topological polar surface area (TPSA) is 58.6 Å². The second-order valence-electron chi connectivity index (χ2n) is 3.97. The van der Waals surface area contributed by atoms with E-state index in [0.717, 1.165) is 6.07 Å². The highest BCUT2D eigenvalue weighted by molar-refractivity contribution is 9.10. The number of phenolic OH excluding ortho intramolecular Hbond substituents is 1. The summed E-state index contributed by atoms with van der Waals surface area (Å²) in [5, 5.41) is 12.2. The van der Waals surface area contributed by atoms with Crippen molar-refractivity contribution < 1.29 is 19.0 Å². The standard InChI is InChI=1S/C14H11BrFNO3/c1-20-13-5-3-9(7-12(13)18)17-14(19)8-2-4-10(15)11(16)6-8/h2-7,18H,1H3,(H,17,19). The van der Waals surface area contributed by atoms with Crippen LogP contribution in [0.1, 0.15) is 10.4 Å². The summed E-state index contributed by atoms with van der Waals surface area (Å²) in [5.41, 5.74) is 0.567. The van der Waals surface area contributed by atoms with E-state index in [1.807, 2.05) is 0 Å². The fourth-order valence-electron chi connectivity index (χ4n) is 1.61. The number of nitrogens with one attached hydrogen (secondary N) is 1. The zero-order valence-corrected chi connectivity index (χ0v) is 12.1. The lowest BCUT2D eigenvalue weighted by Crippen LogP contribution is -2.12. The highest BCUT2D eigenvalue weighted by Gasteiger charge is 2.10. The Labute approximate surface area is 123 Å². The Bertz CT molecular complexity index is 661. The number of anilines is 1. The fraction of sp³-hybridized carbons (Fsp3) is 0.0714. The molecule has 0 heterocycles. The van der Waals surface area contributed by atoms with Gasteiger partial charge >= 0.3 is 0 Å². The van der Waals surface area contributed by atoms with Crippen LogP contribution in [0.3, 0.4) is 0 Å². The quantitative estimate of drug-likeness (QED) is 0.898. The number of rotatable bonds is 3. The third-order valence-electron chi connectivity index (χ3n) is 2.62. The van der Waals surface area contributed by atoms with Gasteiger partial charge in [-0.2, -0.15) is 0 Å². The van der Waals surface area contributed by atoms with Gasteiger partial charge in [0.15, 0.2) is 11.5 Å². The molecular weight excluding hydrogens is 329 g/mol. The molecule has 2 aromatic rings. The van der Waals surface area contributed by atoms with Crippen molar-refractivity contribution in [3.63, 3.8) is 0 Å². The van der Waals surface area contributed by atoms with E-state index in [4.69, 9.17) is 4.74 Å². The Balaban J connectivity index is 2.19. The third kappa shape index (κ3) is 3.08. The van der Waals surface area contributed by atoms with Crippen LogP contribution in [0.5, 0.6) is 11.5 Å². The molecule has 0 aliphatic carbocycles. The van der Waals surface area contributed by atoms with Crippen LogP contribution in [-0.4, -0.2) is 18.1 Å². The van der Waals surface area contributed by atoms with Crippen molar-refractivity contribution in [1.82, 2.24) is 0 Å². The Hall–Kier alpha value is -2.08. The monoisotopic (exact) mass is 339 g/mol. The first-order chi connectivity index (χ1) is 9.51. The van der Waals surface area contributed by atoms with Crippen LogP contribution in [0.4, 0.5) is 10.1 Å². The highest BCUT2D eigenvalue weighted by atomic mass is 79.9. The molecule has 0 fully saturated rings. The molecule has 1 amide bonds. The van der Waals surface area contributed by atoms with Gasteiger partial charge in [0, 0.05) is 17.3 Å². The molecule has 0 aliphatic heterocycles. The maximum atomic E-state index is 13.4. The lowest BCUT2D eigenvalue weighted by Gasteiger charge is -2.08. The van der Waals surface area contributed by atoms with E-state index in [1.54, 1.807) is 6.07 Å². The number of phenols is 1. The van der Waals surface area contributed by atoms with Crippen molar-refractivity contribution >= 4 is 27.5 Å². The number of ether oxygens (including phenoxy) is 1. The maximum Gasteiger partial charge on any atom is 0.255 e. The van der Waals surface area contributed by atoms with Gasteiger partial charge in [-0.15, -0.1) is 0 Å². The van der Waals surface area contributed by atoms with E-state index in [9.17, 15) is 14.3 Å². The highest BCUT2D eigenvalue weighted by Crippen LogP contribution is 2.28. The van der Waals surface area contributed by atoms with Crippen molar-refractivity contribution in [2.24, 2.45) is 0 Å². The number of hydrogen-bond donors (Lipinski definition) is 2. The molecule has 6 heteroatoms. The summed E-state index contributed by atoms with van der Waals surface area (Å²) in [6.07, 6.45) is 0. The van der Waals surface area contributed by atoms with Gasteiger partial charge < -0.3 is 15.2 Å². The first-order valence-electron chi connectivity index (χ1n) is 5.64. The van der Waals surface area contributed by atoms with E-state index >= 15 is 0 Å². The van der Waals surface area contributed by atoms with Crippen molar-refractivity contribution in [2.75, 3.05) is 12.4 Å². The first-order valence-corrected chi connectivity index (χ1v) is 6.44. The van der Waals surface area contributed by atoms with Crippen LogP contribution in [0.15, 0.2) is 40.9 Å². The molecule has 2 aromatic carbocycles. The number of halogens is 2. The molecule has 104 valence electrons. The number of hydrogen-bond acceptors (Lipinski definition) is 3. The molecular formula is C14H11BrFNO3. The second kappa shape index (κ2) is 5.92. The van der Waals surface area contributed by atoms with Gasteiger partial charge in [0.05, 0.1) is 11.6 Å². The number of benzene rings is 2. The zero-order chi connectivity index (χ0) is 14.7. The van der Waals surface area contributed by atoms with Crippen molar-refractivity contribution in [3.8, 4) is 11.5 Å². The SMILES string of the molecule is COc1ccc(NC(=O)c2ccc(Br)c(F)c2)cc1O. The van der Waals surface area contributed by atoms with Crippen LogP contribution in [0.2, 0.25) is 0 Å². The number of aromatic hydroxyl groups is 1. The molecule has 0 atom stereocenters. The maximum absolute atomic E-state index is 13.4. The van der Waals surface area contributed by atoms with Gasteiger partial charge in [0.2, 0.25) is 0 Å². The van der Waals surface area contributed by atoms with E-state index in [-0.39, 0.29) is 15.8 Å². The average Bonchev–Trinajstić information content (AvgIpc) is 2.42. The summed E-state index contributed by atoms with van der Waals surface area (Å²) in [7, 11) is 1.43. The normalized spacial score (nSPS) is 10.2. The average molecular weight is 340 g/mol. The lowest BCUT2D eigenvalue weighted by molar-refractivity contribution is 0.102. The van der Waals surface area contributed by atoms with Crippen LogP contribution < -0.4 is 10.1 Å². The predicted octanol–water partition coefficient (Wildman–Crippen LogP) is 3.55. The van der Waals surface area contributed by atoms with Crippen molar-refractivity contribution in [2.45, 2.75) is 0 Å². The molecule has 2 rings (SSSR count). The van der Waals surface area contributed by atoms with Crippen molar-refractivity contribution in [1.29, 1.82) is 0 Å². The molecule has 4 nitrogen and oxygen atoms in total. The molecule has 0 radical (unpaired) electrons. The smallest absolute Gasteiger partial charge is 0.255 e. The Kier molecular flexibility index (Phi) is 4.24. The molecule has 0 saturated carbocycles. The van der Waals surface area contributed by atoms with E-state index in [1.165, 1.54) is 31.4 Å². The molecule has 0 aliphatic rings. The van der Waals surface area contributed by atoms with E-state index < -0.39 is 11.7 Å². The molecule has 0 bridgehead atoms. The minimum absolute atomic E-state index is 0.0905. The minimum atomic E-state index is -0.518. The van der Waals surface area contributed by atoms with Gasteiger partial charge in [0.25, 0.3) is 5.91 Å². The minimum Gasteiger partial charge on any atom is -0.504 e. The van der Waals surface area contributed by atoms with Crippen LogP contribution in [-0.2, 0) is 0 Å². The predicted molar refractivity (Wildman–Crippen MR) is 76.7 cm³/mol. The number of amides is 1. The van der Waals surface area contributed by atoms with Crippen molar-refractivity contribution in [3.05, 3.63) is 52.3 Å². The third-order valence-corrected chi connectivity index (χ3v) is 3.26. The van der Waals surface area contributed by atoms with Gasteiger partial charge in [0.1, 0.15) is 5.82 Å². The van der Waals surface area contributed by atoms with E-state index in [0.29, 0.717) is 11.4 Å². The molecule has 2 N–H and O–H groups in total. The Morgan fingerprint density at radius 1 is 1.30 bits per heavy atom. The fourth-order valence-corrected chi connectivity index (χ4v) is 1.86. The van der Waals surface area contributed by atoms with Crippen LogP contribution in [0, 0.1) is 5.82 Å². The zero-order valence-electron chi connectivity index (χ0n) is 10.5. The van der Waals surface area contributed by atoms with Gasteiger partial charge in [-0.05, 0) is 46.3 Å². The summed E-state index contributed by atoms with van der Waals surface area (Å²) < 4.78 is 18.5. The van der Waals surface area contributed by atoms with Gasteiger partial charge in [-0.1, -0.05) is 0 Å². The van der Waals surface area contributed by atoms with E-state index in [2.05, 4.69) is 21.2 Å². The Morgan fingerprint density at radius 3 is 2.65 bits per heavy atom. The number of carbonyl (C=O) groups excluding carboxylic acids is 1. The summed E-state index contributed by atoms with van der Waals surface area (Å²) in [4.78, 5) is 11.9. The van der Waals surface area contributed by atoms with Gasteiger partial charge in [-0.3, -0.25) is 4.79 Å². The number of carbonyl (C=O) groups is 1. The van der Waals surface area contributed by atoms with Crippen LogP contribution in [0.25, 0.3) is 0 Å². The molecule has 20 heavy (non-hydrogen) atoms. The summed E-state index contributed by atoms with van der Waals surface area (Å²) in [6, 6.07) is 8.52. The molecule has 0 saturated heterocycles. The molecule has 0 aromatic heterocycles.